The molecule has 2 aromatic heterocycles. The molecule has 1 atom stereocenters. The standard InChI is InChI=1S/C28H38N6O2/c1-15(2)34-24-22(14-30-34)20(10-23(32-24)19-11-27(6,7)33-28(8,9)12-19)25(35)29-13-21-17(4)16(3)18(5)31-26(21)36/h10-11,14-15,21,33H,12-13H2,1-9H3,(H,29,35). The fourth-order valence-electron chi connectivity index (χ4n) is 5.42. The molecule has 0 fully saturated rings. The molecule has 2 amide bonds. The van der Waals surface area contributed by atoms with Gasteiger partial charge < -0.3 is 10.6 Å². The van der Waals surface area contributed by atoms with E-state index in [9.17, 15) is 9.59 Å². The number of amides is 2. The smallest absolute Gasteiger partial charge is 0.254 e. The van der Waals surface area contributed by atoms with Crippen molar-refractivity contribution in [2.24, 2.45) is 10.9 Å². The first-order chi connectivity index (χ1) is 16.7. The zero-order valence-corrected chi connectivity index (χ0v) is 22.9. The number of fused-ring (bicyclic) bond motifs is 1. The second-order valence-corrected chi connectivity index (χ2v) is 11.7. The molecule has 192 valence electrons. The molecule has 0 saturated heterocycles. The Hall–Kier alpha value is -3.13. The first-order valence-electron chi connectivity index (χ1n) is 12.6. The lowest BCUT2D eigenvalue weighted by Crippen LogP contribution is -2.53. The third-order valence-corrected chi connectivity index (χ3v) is 7.16. The lowest BCUT2D eigenvalue weighted by Gasteiger charge is -2.41. The van der Waals surface area contributed by atoms with Crippen molar-refractivity contribution in [2.45, 2.75) is 85.9 Å². The van der Waals surface area contributed by atoms with E-state index in [1.165, 1.54) is 0 Å². The van der Waals surface area contributed by atoms with Crippen molar-refractivity contribution in [1.82, 2.24) is 25.4 Å². The van der Waals surface area contributed by atoms with Crippen LogP contribution in [-0.4, -0.2) is 49.9 Å². The second-order valence-electron chi connectivity index (χ2n) is 11.7. The van der Waals surface area contributed by atoms with Crippen molar-refractivity contribution >= 4 is 34.1 Å². The Morgan fingerprint density at radius 2 is 1.92 bits per heavy atom. The highest BCUT2D eigenvalue weighted by molar-refractivity contribution is 6.09. The number of hydrogen-bond donors (Lipinski definition) is 2. The zero-order chi connectivity index (χ0) is 26.6. The van der Waals surface area contributed by atoms with E-state index in [0.717, 1.165) is 34.5 Å². The van der Waals surface area contributed by atoms with Crippen LogP contribution in [0.5, 0.6) is 0 Å². The summed E-state index contributed by atoms with van der Waals surface area (Å²) < 4.78 is 1.85. The lowest BCUT2D eigenvalue weighted by molar-refractivity contribution is -0.120. The molecule has 0 spiro atoms. The predicted molar refractivity (Wildman–Crippen MR) is 144 cm³/mol. The average molecular weight is 491 g/mol. The molecule has 0 aromatic carbocycles. The van der Waals surface area contributed by atoms with Gasteiger partial charge in [0, 0.05) is 29.4 Å². The van der Waals surface area contributed by atoms with Crippen molar-refractivity contribution in [3.8, 4) is 0 Å². The SMILES string of the molecule is CC1=NC(=O)C(CNC(=O)c2cc(C3=CC(C)(C)NC(C)(C)C3)nc3c2cnn3C(C)C)C(C)=C1C. The van der Waals surface area contributed by atoms with Gasteiger partial charge in [-0.25, -0.2) is 14.7 Å². The summed E-state index contributed by atoms with van der Waals surface area (Å²) in [5.41, 5.74) is 5.43. The van der Waals surface area contributed by atoms with Crippen molar-refractivity contribution in [2.75, 3.05) is 6.54 Å². The number of nitrogens with zero attached hydrogens (tertiary/aromatic N) is 4. The van der Waals surface area contributed by atoms with Gasteiger partial charge in [0.15, 0.2) is 5.65 Å². The number of allylic oxidation sites excluding steroid dienone is 1. The minimum Gasteiger partial charge on any atom is -0.351 e. The van der Waals surface area contributed by atoms with Gasteiger partial charge in [-0.05, 0) is 85.9 Å². The number of rotatable bonds is 5. The Balaban J connectivity index is 1.74. The largest absolute Gasteiger partial charge is 0.351 e. The lowest BCUT2D eigenvalue weighted by atomic mass is 9.82. The number of hydrogen-bond acceptors (Lipinski definition) is 5. The highest BCUT2D eigenvalue weighted by atomic mass is 16.2. The summed E-state index contributed by atoms with van der Waals surface area (Å²) in [5, 5.41) is 11.9. The molecule has 2 N–H and O–H groups in total. The van der Waals surface area contributed by atoms with Crippen LogP contribution in [0.3, 0.4) is 0 Å². The summed E-state index contributed by atoms with van der Waals surface area (Å²) >= 11 is 0. The number of carbonyl (C=O) groups is 2. The predicted octanol–water partition coefficient (Wildman–Crippen LogP) is 4.63. The molecule has 2 aromatic rings. The molecule has 8 nitrogen and oxygen atoms in total. The molecule has 0 saturated carbocycles. The Bertz CT molecular complexity index is 1340. The van der Waals surface area contributed by atoms with E-state index in [-0.39, 0.29) is 35.5 Å². The van der Waals surface area contributed by atoms with Crippen LogP contribution in [0.4, 0.5) is 0 Å². The average Bonchev–Trinajstić information content (AvgIpc) is 3.19. The molecule has 4 rings (SSSR count). The topological polar surface area (TPSA) is 101 Å². The van der Waals surface area contributed by atoms with E-state index in [2.05, 4.69) is 54.5 Å². The van der Waals surface area contributed by atoms with E-state index in [1.54, 1.807) is 6.20 Å². The molecule has 0 aliphatic carbocycles. The maximum Gasteiger partial charge on any atom is 0.254 e. The van der Waals surface area contributed by atoms with Crippen LogP contribution in [0.15, 0.2) is 34.5 Å². The summed E-state index contributed by atoms with van der Waals surface area (Å²) in [6.07, 6.45) is 4.69. The molecule has 0 bridgehead atoms. The van der Waals surface area contributed by atoms with Crippen LogP contribution in [0.1, 0.15) is 90.8 Å². The first kappa shape index (κ1) is 25.9. The number of dihydropyridines is 1. The molecule has 36 heavy (non-hydrogen) atoms. The first-order valence-corrected chi connectivity index (χ1v) is 12.6. The maximum absolute atomic E-state index is 13.6. The Morgan fingerprint density at radius 3 is 2.56 bits per heavy atom. The van der Waals surface area contributed by atoms with Gasteiger partial charge in [0.05, 0.1) is 28.8 Å². The molecule has 2 aliphatic heterocycles. The molecule has 1 unspecified atom stereocenters. The number of nitrogens with one attached hydrogen (secondary N) is 2. The minimum atomic E-state index is -0.457. The molecule has 2 aliphatic rings. The van der Waals surface area contributed by atoms with Gasteiger partial charge in [0.25, 0.3) is 11.8 Å². The fourth-order valence-corrected chi connectivity index (χ4v) is 5.42. The number of carbonyl (C=O) groups excluding carboxylic acids is 2. The Morgan fingerprint density at radius 1 is 1.22 bits per heavy atom. The number of aliphatic imine (C=N–C) groups is 1. The van der Waals surface area contributed by atoms with Crippen molar-refractivity contribution in [1.29, 1.82) is 0 Å². The van der Waals surface area contributed by atoms with Gasteiger partial charge in [-0.1, -0.05) is 11.6 Å². The fraction of sp³-hybridized carbons (Fsp3) is 0.536. The van der Waals surface area contributed by atoms with Crippen molar-refractivity contribution in [3.63, 3.8) is 0 Å². The van der Waals surface area contributed by atoms with E-state index in [4.69, 9.17) is 4.98 Å². The van der Waals surface area contributed by atoms with Gasteiger partial charge in [-0.2, -0.15) is 5.10 Å². The van der Waals surface area contributed by atoms with E-state index < -0.39 is 5.92 Å². The highest BCUT2D eigenvalue weighted by Gasteiger charge is 2.34. The van der Waals surface area contributed by atoms with Gasteiger partial charge >= 0.3 is 0 Å². The minimum absolute atomic E-state index is 0.0905. The van der Waals surface area contributed by atoms with Crippen LogP contribution < -0.4 is 10.6 Å². The summed E-state index contributed by atoms with van der Waals surface area (Å²) in [6, 6.07) is 1.96. The third kappa shape index (κ3) is 4.91. The van der Waals surface area contributed by atoms with Crippen molar-refractivity contribution < 1.29 is 9.59 Å². The second kappa shape index (κ2) is 9.07. The van der Waals surface area contributed by atoms with Crippen LogP contribution >= 0.6 is 0 Å². The van der Waals surface area contributed by atoms with Crippen molar-refractivity contribution in [3.05, 3.63) is 40.7 Å². The molecule has 0 radical (unpaired) electrons. The van der Waals surface area contributed by atoms with Crippen LogP contribution in [-0.2, 0) is 4.79 Å². The molecular weight excluding hydrogens is 452 g/mol. The maximum atomic E-state index is 13.6. The highest BCUT2D eigenvalue weighted by Crippen LogP contribution is 2.34. The van der Waals surface area contributed by atoms with E-state index in [1.807, 2.05) is 45.4 Å². The summed E-state index contributed by atoms with van der Waals surface area (Å²) in [4.78, 5) is 35.3. The summed E-state index contributed by atoms with van der Waals surface area (Å²) in [7, 11) is 0. The molecule has 8 heteroatoms. The zero-order valence-electron chi connectivity index (χ0n) is 22.9. The normalized spacial score (nSPS) is 21.6. The van der Waals surface area contributed by atoms with Gasteiger partial charge in [0.1, 0.15) is 0 Å². The summed E-state index contributed by atoms with van der Waals surface area (Å²) in [5.74, 6) is -0.917. The van der Waals surface area contributed by atoms with E-state index >= 15 is 0 Å². The van der Waals surface area contributed by atoms with Gasteiger partial charge in [-0.3, -0.25) is 9.59 Å². The quantitative estimate of drug-likeness (QED) is 0.636. The van der Waals surface area contributed by atoms with E-state index in [0.29, 0.717) is 16.6 Å². The Kier molecular flexibility index (Phi) is 6.54. The van der Waals surface area contributed by atoms with Crippen LogP contribution in [0.2, 0.25) is 0 Å². The Labute approximate surface area is 213 Å². The van der Waals surface area contributed by atoms with Crippen LogP contribution in [0, 0.1) is 5.92 Å². The van der Waals surface area contributed by atoms with Gasteiger partial charge in [0.2, 0.25) is 0 Å². The summed E-state index contributed by atoms with van der Waals surface area (Å²) in [6.45, 7) is 18.7. The van der Waals surface area contributed by atoms with Crippen LogP contribution in [0.25, 0.3) is 16.6 Å². The third-order valence-electron chi connectivity index (χ3n) is 7.16. The monoisotopic (exact) mass is 490 g/mol. The molecule has 4 heterocycles. The molecular formula is C28H38N6O2. The number of aromatic nitrogens is 3. The van der Waals surface area contributed by atoms with Gasteiger partial charge in [-0.15, -0.1) is 0 Å². The number of pyridine rings is 1.